The molecule has 1 N–H and O–H groups in total. The van der Waals surface area contributed by atoms with Crippen LogP contribution in [0.3, 0.4) is 0 Å². The summed E-state index contributed by atoms with van der Waals surface area (Å²) in [4.78, 5) is 77.5. The van der Waals surface area contributed by atoms with Gasteiger partial charge in [-0.25, -0.2) is 31.3 Å². The molecular weight excluding hydrogens is 1200 g/mol. The molecule has 4 saturated heterocycles. The van der Waals surface area contributed by atoms with Crippen molar-refractivity contribution in [3.8, 4) is 0 Å². The van der Waals surface area contributed by atoms with Gasteiger partial charge >= 0.3 is 12.7 Å². The molecule has 11 rings (SSSR count). The average molecular weight is 1280 g/mol. The van der Waals surface area contributed by atoms with Gasteiger partial charge in [-0.15, -0.1) is 0 Å². The van der Waals surface area contributed by atoms with Gasteiger partial charge in [0.05, 0.1) is 37.0 Å². The third-order valence-electron chi connectivity index (χ3n) is 17.6. The number of anilines is 1. The topological polar surface area (TPSA) is 238 Å². The van der Waals surface area contributed by atoms with Crippen LogP contribution in [0.1, 0.15) is 86.7 Å². The van der Waals surface area contributed by atoms with Crippen LogP contribution in [0.4, 0.5) is 5.82 Å². The zero-order chi connectivity index (χ0) is 60.6. The van der Waals surface area contributed by atoms with Gasteiger partial charge in [0.1, 0.15) is 82.0 Å². The van der Waals surface area contributed by atoms with Gasteiger partial charge in [-0.1, -0.05) is 91.0 Å². The van der Waals surface area contributed by atoms with Crippen LogP contribution in [0.2, 0.25) is 36.3 Å². The SMILES string of the molecule is [C-]#[N+]CCOP1(=S)O[C@@H]2[C@@H]3OC1([Si](C)(C)C(C)(C)C)OC[C@H]1O[C@@H](n4cc5c6c(ncnc64)N(C(=O)c4ccccc4)CCC5)[C@H](O[Si](C)(C)C(C)(C)C)C1OP(O)(=S)OC[C@H]3O[C@H]2n1cnc2c(=O)n(CCOC(=O)c3ccccc3)cnc21. The number of aryl methyl sites for hydroxylation is 1. The summed E-state index contributed by atoms with van der Waals surface area (Å²) >= 11 is 12.8. The van der Waals surface area contributed by atoms with E-state index in [1.807, 2.05) is 29.0 Å². The van der Waals surface area contributed by atoms with Crippen LogP contribution in [-0.2, 0) is 82.8 Å². The third-order valence-corrected chi connectivity index (χ3v) is 35.6. The van der Waals surface area contributed by atoms with Crippen molar-refractivity contribution in [2.45, 2.75) is 151 Å². The fourth-order valence-corrected chi connectivity index (χ4v) is 24.4. The number of rotatable bonds is 13. The molecule has 23 nitrogen and oxygen atoms in total. The van der Waals surface area contributed by atoms with Gasteiger partial charge in [0, 0.05) is 18.3 Å². The second-order valence-corrected chi connectivity index (χ2v) is 41.8. The first-order chi connectivity index (χ1) is 40.2. The highest BCUT2D eigenvalue weighted by Gasteiger charge is 2.72. The number of carbonyl (C=O) groups is 2. The van der Waals surface area contributed by atoms with Crippen molar-refractivity contribution in [2.24, 2.45) is 0 Å². The second-order valence-electron chi connectivity index (χ2n) is 24.9. The number of nitrogens with zero attached hydrogens (tertiary/aromatic N) is 9. The quantitative estimate of drug-likeness (QED) is 0.0373. The van der Waals surface area contributed by atoms with E-state index in [-0.39, 0.29) is 55.0 Å². The van der Waals surface area contributed by atoms with Gasteiger partial charge in [-0.3, -0.25) is 28.1 Å². The number of ether oxygens (including phenoxy) is 5. The fraction of sp³-hybridized carbons (Fsp3) is 0.536. The summed E-state index contributed by atoms with van der Waals surface area (Å²) in [6.07, 6.45) is -1.25. The number of benzene rings is 2. The lowest BCUT2D eigenvalue weighted by Gasteiger charge is -2.58. The molecule has 11 atom stereocenters. The highest BCUT2D eigenvalue weighted by Crippen LogP contribution is 2.73. The lowest BCUT2D eigenvalue weighted by Crippen LogP contribution is -2.68. The summed E-state index contributed by atoms with van der Waals surface area (Å²) in [7, 11) is -6.07. The Morgan fingerprint density at radius 1 is 0.835 bits per heavy atom. The maximum atomic E-state index is 14.2. The highest BCUT2D eigenvalue weighted by atomic mass is 32.5. The first-order valence-electron chi connectivity index (χ1n) is 28.3. The van der Waals surface area contributed by atoms with E-state index in [1.165, 1.54) is 23.5 Å². The van der Waals surface area contributed by atoms with Crippen LogP contribution in [0.5, 0.6) is 0 Å². The molecule has 6 aromatic rings. The monoisotopic (exact) mass is 1280 g/mol. The molecule has 5 aliphatic heterocycles. The van der Waals surface area contributed by atoms with Crippen LogP contribution >= 0.6 is 13.2 Å². The Kier molecular flexibility index (Phi) is 16.9. The maximum absolute atomic E-state index is 14.2. The molecule has 85 heavy (non-hydrogen) atoms. The van der Waals surface area contributed by atoms with E-state index < -0.39 is 107 Å². The molecule has 1 amide bonds. The summed E-state index contributed by atoms with van der Waals surface area (Å²) in [6, 6.07) is 17.6. The van der Waals surface area contributed by atoms with Crippen molar-refractivity contribution in [1.82, 2.24) is 33.6 Å². The van der Waals surface area contributed by atoms with Crippen LogP contribution in [0, 0.1) is 6.57 Å². The van der Waals surface area contributed by atoms with Gasteiger partial charge in [0.25, 0.3) is 11.5 Å². The van der Waals surface area contributed by atoms with E-state index >= 15 is 0 Å². The minimum atomic E-state index is -4.31. The summed E-state index contributed by atoms with van der Waals surface area (Å²) < 4.78 is 74.3. The Balaban J connectivity index is 0.990. The Labute approximate surface area is 504 Å². The summed E-state index contributed by atoms with van der Waals surface area (Å²) in [6.45, 7) is 20.0. The van der Waals surface area contributed by atoms with Crippen LogP contribution in [0.25, 0.3) is 27.0 Å². The summed E-state index contributed by atoms with van der Waals surface area (Å²) in [5.41, 5.74) is 1.92. The molecule has 0 radical (unpaired) electrons. The van der Waals surface area contributed by atoms with Crippen LogP contribution in [-0.4, -0.2) is 148 Å². The van der Waals surface area contributed by atoms with Gasteiger partial charge in [-0.2, -0.15) is 0 Å². The number of fused-ring (bicyclic) bond motifs is 3. The number of esters is 1. The smallest absolute Gasteiger partial charge is 0.338 e. The van der Waals surface area contributed by atoms with E-state index in [0.717, 1.165) is 5.56 Å². The van der Waals surface area contributed by atoms with E-state index in [0.29, 0.717) is 47.4 Å². The molecule has 2 bridgehead atoms. The Hall–Kier alpha value is -4.83. The maximum Gasteiger partial charge on any atom is 0.338 e. The molecule has 2 aromatic carbocycles. The van der Waals surface area contributed by atoms with Crippen molar-refractivity contribution < 1.29 is 60.7 Å². The molecule has 4 fully saturated rings. The third kappa shape index (κ3) is 11.2. The highest BCUT2D eigenvalue weighted by molar-refractivity contribution is 8.11. The number of hydrogen-bond acceptors (Lipinski definition) is 19. The van der Waals surface area contributed by atoms with Crippen molar-refractivity contribution >= 4 is 93.1 Å². The molecule has 0 saturated carbocycles. The fourth-order valence-electron chi connectivity index (χ4n) is 11.1. The molecule has 29 heteroatoms. The predicted molar refractivity (Wildman–Crippen MR) is 327 cm³/mol. The van der Waals surface area contributed by atoms with E-state index in [1.54, 1.807) is 51.9 Å². The summed E-state index contributed by atoms with van der Waals surface area (Å²) in [5, 5.41) is -2.01. The zero-order valence-electron chi connectivity index (χ0n) is 49.1. The number of carbonyl (C=O) groups excluding carboxylic acids is 2. The van der Waals surface area contributed by atoms with E-state index in [2.05, 4.69) is 82.5 Å². The number of hydrogen-bond donors (Lipinski definition) is 1. The largest absolute Gasteiger partial charge is 0.460 e. The molecule has 454 valence electrons. The van der Waals surface area contributed by atoms with Gasteiger partial charge in [0.15, 0.2) is 31.9 Å². The van der Waals surface area contributed by atoms with Crippen molar-refractivity contribution in [3.63, 3.8) is 0 Å². The second kappa shape index (κ2) is 23.3. The Morgan fingerprint density at radius 2 is 1.53 bits per heavy atom. The summed E-state index contributed by atoms with van der Waals surface area (Å²) in [5.74, 6) is -0.256. The standard InChI is InChI=1S/C56H71N9O14P2S2Si2/c1-54(2,3)84(8,9)56-71-30-38-43(45(79-85(10,11)55(4,5)6)52(74-38)64-29-37-23-18-25-63(46-40(37)47(64)59-32-58-46)49(66)35-19-14-12-15-20-35)78-81(69,83)73-31-39-42(76-56)44(77-80(56,82)72-27-24-57-7)51(75-39)65-34-60-41-48(65)61-33-62(50(41)67)26-28-70-53(68)36-21-16-13-17-22-36/h12-17,19-22,29,32-34,38-39,42-45,51-52H,18,23-28,30-31H2,1-6,8-11H3,(H,69,83)/t38-,39-,42-,43?,44-,45-,51-,52-,56?,80?,81?/m1/s1. The number of amides is 1. The molecule has 9 heterocycles. The van der Waals surface area contributed by atoms with Crippen LogP contribution < -0.4 is 10.5 Å². The van der Waals surface area contributed by atoms with Crippen molar-refractivity contribution in [3.05, 3.63) is 124 Å². The lowest BCUT2D eigenvalue weighted by molar-refractivity contribution is -0.227. The predicted octanol–water partition coefficient (Wildman–Crippen LogP) is 9.05. The van der Waals surface area contributed by atoms with E-state index in [4.69, 9.17) is 86.4 Å². The molecular formula is C56H71N9O14P2S2Si2. The number of imidazole rings is 1. The normalized spacial score (nSPS) is 29.2. The van der Waals surface area contributed by atoms with Crippen molar-refractivity contribution in [1.29, 1.82) is 0 Å². The Bertz CT molecular complexity index is 3730. The van der Waals surface area contributed by atoms with E-state index in [9.17, 15) is 19.3 Å². The van der Waals surface area contributed by atoms with Crippen LogP contribution in [0.15, 0.2) is 90.6 Å². The molecule has 0 spiro atoms. The average Bonchev–Trinajstić information content (AvgIpc) is 1.82. The molecule has 4 unspecified atom stereocenters. The first-order valence-corrected chi connectivity index (χ1v) is 39.4. The van der Waals surface area contributed by atoms with Crippen molar-refractivity contribution in [2.75, 3.05) is 44.4 Å². The molecule has 0 aliphatic carbocycles. The van der Waals surface area contributed by atoms with Gasteiger partial charge < -0.3 is 56.0 Å². The van der Waals surface area contributed by atoms with Gasteiger partial charge in [0.2, 0.25) is 18.2 Å². The minimum Gasteiger partial charge on any atom is -0.460 e. The lowest BCUT2D eigenvalue weighted by atomic mass is 10.1. The first kappa shape index (κ1) is 61.8. The molecule has 5 aliphatic rings. The minimum absolute atomic E-state index is 0.00206. The number of aromatic nitrogens is 7. The Morgan fingerprint density at radius 3 is 2.22 bits per heavy atom. The van der Waals surface area contributed by atoms with Gasteiger partial charge in [-0.05, 0) is 89.5 Å². The zero-order valence-corrected chi connectivity index (χ0v) is 54.5. The molecule has 4 aromatic heterocycles.